The van der Waals surface area contributed by atoms with Gasteiger partial charge >= 0.3 is 0 Å². The summed E-state index contributed by atoms with van der Waals surface area (Å²) in [5, 5.41) is 0. The minimum Gasteiger partial charge on any atom is -0.497 e. The van der Waals surface area contributed by atoms with Crippen molar-refractivity contribution in [1.29, 1.82) is 0 Å². The molecule has 4 heteroatoms. The van der Waals surface area contributed by atoms with Gasteiger partial charge in [0.05, 0.1) is 13.7 Å². The van der Waals surface area contributed by atoms with Crippen molar-refractivity contribution in [2.24, 2.45) is 5.73 Å². The van der Waals surface area contributed by atoms with Crippen LogP contribution in [-0.4, -0.2) is 25.6 Å². The molecule has 2 rings (SSSR count). The highest BCUT2D eigenvalue weighted by Gasteiger charge is 2.34. The molecule has 1 unspecified atom stereocenters. The fraction of sp³-hybridized carbons (Fsp3) is 0.300. The highest BCUT2D eigenvalue weighted by molar-refractivity contribution is 6.03. The third kappa shape index (κ3) is 1.33. The van der Waals surface area contributed by atoms with E-state index >= 15 is 0 Å². The molecule has 0 spiro atoms. The molecule has 1 aromatic carbocycles. The van der Waals surface area contributed by atoms with Crippen LogP contribution in [0.1, 0.15) is 0 Å². The first-order chi connectivity index (χ1) is 6.72. The van der Waals surface area contributed by atoms with E-state index in [4.69, 9.17) is 10.5 Å². The van der Waals surface area contributed by atoms with E-state index in [2.05, 4.69) is 0 Å². The van der Waals surface area contributed by atoms with E-state index < -0.39 is 0 Å². The molecule has 14 heavy (non-hydrogen) atoms. The Bertz CT molecular complexity index is 348. The van der Waals surface area contributed by atoms with Crippen LogP contribution in [0.5, 0.6) is 5.75 Å². The Balaban J connectivity index is 2.14. The van der Waals surface area contributed by atoms with Gasteiger partial charge in [0.2, 0.25) is 5.91 Å². The van der Waals surface area contributed by atoms with Crippen LogP contribution in [0.3, 0.4) is 0 Å². The number of benzene rings is 1. The molecule has 1 amide bonds. The van der Waals surface area contributed by atoms with Gasteiger partial charge in [-0.1, -0.05) is 0 Å². The Labute approximate surface area is 82.3 Å². The molecule has 2 N–H and O–H groups in total. The summed E-state index contributed by atoms with van der Waals surface area (Å²) in [6.45, 7) is 0.602. The predicted molar refractivity (Wildman–Crippen MR) is 53.3 cm³/mol. The number of rotatable bonds is 2. The number of amides is 1. The summed E-state index contributed by atoms with van der Waals surface area (Å²) >= 11 is 0. The van der Waals surface area contributed by atoms with Gasteiger partial charge in [-0.3, -0.25) is 4.79 Å². The van der Waals surface area contributed by atoms with Crippen LogP contribution in [0.2, 0.25) is 0 Å². The third-order valence-corrected chi connectivity index (χ3v) is 2.35. The van der Waals surface area contributed by atoms with E-state index in [1.54, 1.807) is 12.0 Å². The molecule has 1 aliphatic heterocycles. The fourth-order valence-corrected chi connectivity index (χ4v) is 1.45. The quantitative estimate of drug-likeness (QED) is 0.689. The third-order valence-electron chi connectivity index (χ3n) is 2.35. The number of hydrogen-bond donors (Lipinski definition) is 1. The monoisotopic (exact) mass is 192 g/mol. The van der Waals surface area contributed by atoms with Gasteiger partial charge in [0.1, 0.15) is 11.8 Å². The molecule has 74 valence electrons. The number of ether oxygens (including phenoxy) is 1. The molecule has 1 aromatic rings. The average Bonchev–Trinajstić information content (AvgIpc) is 2.25. The Kier molecular flexibility index (Phi) is 2.13. The summed E-state index contributed by atoms with van der Waals surface area (Å²) in [5.41, 5.74) is 6.36. The molecule has 0 aromatic heterocycles. The van der Waals surface area contributed by atoms with Gasteiger partial charge in [0.15, 0.2) is 0 Å². The van der Waals surface area contributed by atoms with Gasteiger partial charge in [-0.15, -0.1) is 0 Å². The summed E-state index contributed by atoms with van der Waals surface area (Å²) < 4.78 is 5.02. The fourth-order valence-electron chi connectivity index (χ4n) is 1.45. The lowest BCUT2D eigenvalue weighted by Crippen LogP contribution is -2.61. The van der Waals surface area contributed by atoms with Crippen molar-refractivity contribution in [2.45, 2.75) is 6.04 Å². The van der Waals surface area contributed by atoms with Crippen LogP contribution in [0.25, 0.3) is 0 Å². The molecule has 4 nitrogen and oxygen atoms in total. The van der Waals surface area contributed by atoms with Gasteiger partial charge in [-0.25, -0.2) is 0 Å². The number of carbonyl (C=O) groups is 1. The zero-order valence-corrected chi connectivity index (χ0v) is 7.93. The van der Waals surface area contributed by atoms with E-state index in [9.17, 15) is 4.79 Å². The zero-order chi connectivity index (χ0) is 10.1. The highest BCUT2D eigenvalue weighted by atomic mass is 16.5. The van der Waals surface area contributed by atoms with Crippen LogP contribution >= 0.6 is 0 Å². The van der Waals surface area contributed by atoms with E-state index in [0.29, 0.717) is 6.54 Å². The number of anilines is 1. The lowest BCUT2D eigenvalue weighted by atomic mass is 10.1. The first kappa shape index (κ1) is 9.02. The van der Waals surface area contributed by atoms with Crippen molar-refractivity contribution in [3.05, 3.63) is 24.3 Å². The maximum atomic E-state index is 11.3. The molecule has 1 atom stereocenters. The SMILES string of the molecule is COc1ccc(N2CC(N)C2=O)cc1. The molecule has 1 fully saturated rings. The smallest absolute Gasteiger partial charge is 0.245 e. The van der Waals surface area contributed by atoms with Gasteiger partial charge in [-0.05, 0) is 24.3 Å². The standard InChI is InChI=1S/C10H12N2O2/c1-14-8-4-2-7(3-5-8)12-6-9(11)10(12)13/h2-5,9H,6,11H2,1H3. The second kappa shape index (κ2) is 3.31. The van der Waals surface area contributed by atoms with Crippen molar-refractivity contribution >= 4 is 11.6 Å². The second-order valence-electron chi connectivity index (χ2n) is 3.25. The lowest BCUT2D eigenvalue weighted by Gasteiger charge is -2.36. The van der Waals surface area contributed by atoms with Gasteiger partial charge in [-0.2, -0.15) is 0 Å². The largest absolute Gasteiger partial charge is 0.497 e. The number of carbonyl (C=O) groups excluding carboxylic acids is 1. The Morgan fingerprint density at radius 2 is 2.07 bits per heavy atom. The number of nitrogens with two attached hydrogens (primary N) is 1. The molecular weight excluding hydrogens is 180 g/mol. The molecule has 0 saturated carbocycles. The van der Waals surface area contributed by atoms with Crippen molar-refractivity contribution in [3.8, 4) is 5.75 Å². The summed E-state index contributed by atoms with van der Waals surface area (Å²) in [6.07, 6.45) is 0. The maximum absolute atomic E-state index is 11.3. The summed E-state index contributed by atoms with van der Waals surface area (Å²) in [4.78, 5) is 12.9. The second-order valence-corrected chi connectivity index (χ2v) is 3.25. The first-order valence-electron chi connectivity index (χ1n) is 4.43. The topological polar surface area (TPSA) is 55.6 Å². The minimum atomic E-state index is -0.322. The summed E-state index contributed by atoms with van der Waals surface area (Å²) in [6, 6.07) is 7.03. The van der Waals surface area contributed by atoms with Crippen molar-refractivity contribution in [3.63, 3.8) is 0 Å². The van der Waals surface area contributed by atoms with Crippen LogP contribution in [-0.2, 0) is 4.79 Å². The number of β-lactam (4-membered cyclic amide) rings is 1. The van der Waals surface area contributed by atoms with E-state index in [1.807, 2.05) is 24.3 Å². The number of methoxy groups -OCH3 is 1. The van der Waals surface area contributed by atoms with E-state index in [1.165, 1.54) is 0 Å². The predicted octanol–water partition coefficient (Wildman–Crippen LogP) is 0.369. The van der Waals surface area contributed by atoms with Crippen LogP contribution in [0, 0.1) is 0 Å². The molecule has 1 heterocycles. The van der Waals surface area contributed by atoms with Crippen LogP contribution < -0.4 is 15.4 Å². The van der Waals surface area contributed by atoms with E-state index in [0.717, 1.165) is 11.4 Å². The van der Waals surface area contributed by atoms with E-state index in [-0.39, 0.29) is 11.9 Å². The summed E-state index contributed by atoms with van der Waals surface area (Å²) in [7, 11) is 1.61. The van der Waals surface area contributed by atoms with Crippen molar-refractivity contribution in [1.82, 2.24) is 0 Å². The molecule has 0 aliphatic carbocycles. The zero-order valence-electron chi connectivity index (χ0n) is 7.93. The molecular formula is C10H12N2O2. The molecule has 1 saturated heterocycles. The summed E-state index contributed by atoms with van der Waals surface area (Å²) in [5.74, 6) is 0.765. The average molecular weight is 192 g/mol. The van der Waals surface area contributed by atoms with Crippen molar-refractivity contribution < 1.29 is 9.53 Å². The highest BCUT2D eigenvalue weighted by Crippen LogP contribution is 2.23. The van der Waals surface area contributed by atoms with Gasteiger partial charge in [0, 0.05) is 5.69 Å². The van der Waals surface area contributed by atoms with Crippen LogP contribution in [0.15, 0.2) is 24.3 Å². The molecule has 0 radical (unpaired) electrons. The number of hydrogen-bond acceptors (Lipinski definition) is 3. The molecule has 1 aliphatic rings. The van der Waals surface area contributed by atoms with Crippen molar-refractivity contribution in [2.75, 3.05) is 18.6 Å². The maximum Gasteiger partial charge on any atom is 0.245 e. The Morgan fingerprint density at radius 3 is 2.50 bits per heavy atom. The minimum absolute atomic E-state index is 0.0184. The van der Waals surface area contributed by atoms with Gasteiger partial charge < -0.3 is 15.4 Å². The lowest BCUT2D eigenvalue weighted by molar-refractivity contribution is -0.123. The Morgan fingerprint density at radius 1 is 1.43 bits per heavy atom. The first-order valence-corrected chi connectivity index (χ1v) is 4.43. The van der Waals surface area contributed by atoms with Gasteiger partial charge in [0.25, 0.3) is 0 Å². The van der Waals surface area contributed by atoms with Crippen LogP contribution in [0.4, 0.5) is 5.69 Å². The Hall–Kier alpha value is -1.55. The molecule has 0 bridgehead atoms. The normalized spacial score (nSPS) is 20.6. The number of nitrogens with zero attached hydrogens (tertiary/aromatic N) is 1.